The molecule has 1 amide bonds. The summed E-state index contributed by atoms with van der Waals surface area (Å²) in [4.78, 5) is 11.9. The first-order valence-corrected chi connectivity index (χ1v) is 9.05. The number of aromatic nitrogens is 2. The first kappa shape index (κ1) is 20.8. The molecule has 0 aliphatic carbocycles. The van der Waals surface area contributed by atoms with Crippen molar-refractivity contribution >= 4 is 17.7 Å². The van der Waals surface area contributed by atoms with Crippen LogP contribution in [0.15, 0.2) is 21.8 Å². The molecule has 0 aliphatic heterocycles. The molecule has 0 saturated heterocycles. The second kappa shape index (κ2) is 10.0. The molecule has 10 heteroatoms. The highest BCUT2D eigenvalue weighted by Gasteiger charge is 2.18. The summed E-state index contributed by atoms with van der Waals surface area (Å²) in [6.45, 7) is 2.31. The van der Waals surface area contributed by atoms with E-state index in [1.807, 2.05) is 6.92 Å². The van der Waals surface area contributed by atoms with Crippen molar-refractivity contribution in [3.63, 3.8) is 0 Å². The van der Waals surface area contributed by atoms with Gasteiger partial charge in [0.05, 0.1) is 33.7 Å². The van der Waals surface area contributed by atoms with Gasteiger partial charge in [0.2, 0.25) is 17.5 Å². The lowest BCUT2D eigenvalue weighted by atomic mass is 10.2. The number of nitrogens with one attached hydrogen (secondary N) is 1. The van der Waals surface area contributed by atoms with E-state index >= 15 is 0 Å². The van der Waals surface area contributed by atoms with Crippen LogP contribution in [-0.2, 0) is 9.53 Å². The van der Waals surface area contributed by atoms with Gasteiger partial charge in [0, 0.05) is 18.7 Å². The molecule has 0 aliphatic rings. The van der Waals surface area contributed by atoms with E-state index < -0.39 is 0 Å². The number of amides is 1. The Labute approximate surface area is 161 Å². The summed E-state index contributed by atoms with van der Waals surface area (Å²) in [5.41, 5.74) is 0.613. The molecule has 148 valence electrons. The number of hydrogen-bond acceptors (Lipinski definition) is 9. The maximum atomic E-state index is 11.9. The molecule has 1 aromatic carbocycles. The van der Waals surface area contributed by atoms with Gasteiger partial charge in [-0.2, -0.15) is 0 Å². The first-order chi connectivity index (χ1) is 13.0. The molecule has 1 heterocycles. The van der Waals surface area contributed by atoms with Crippen LogP contribution in [0.3, 0.4) is 0 Å². The van der Waals surface area contributed by atoms with Crippen LogP contribution in [0.1, 0.15) is 6.92 Å². The Balaban J connectivity index is 2.08. The molecule has 27 heavy (non-hydrogen) atoms. The van der Waals surface area contributed by atoms with Crippen molar-refractivity contribution < 1.29 is 28.2 Å². The third-order valence-electron chi connectivity index (χ3n) is 3.47. The largest absolute Gasteiger partial charge is 0.493 e. The molecule has 0 bridgehead atoms. The van der Waals surface area contributed by atoms with Crippen LogP contribution in [0.2, 0.25) is 0 Å². The van der Waals surface area contributed by atoms with E-state index in [1.165, 1.54) is 21.3 Å². The van der Waals surface area contributed by atoms with Gasteiger partial charge in [-0.05, 0) is 19.1 Å². The molecule has 0 unspecified atom stereocenters. The van der Waals surface area contributed by atoms with Gasteiger partial charge >= 0.3 is 0 Å². The van der Waals surface area contributed by atoms with Crippen molar-refractivity contribution in [1.82, 2.24) is 15.5 Å². The second-order valence-electron chi connectivity index (χ2n) is 5.50. The lowest BCUT2D eigenvalue weighted by Crippen LogP contribution is -2.36. The predicted molar refractivity (Wildman–Crippen MR) is 99.6 cm³/mol. The third-order valence-corrected chi connectivity index (χ3v) is 4.29. The number of thioether (sulfide) groups is 1. The normalized spacial score (nSPS) is 11.7. The fourth-order valence-corrected chi connectivity index (χ4v) is 2.90. The fraction of sp³-hybridized carbons (Fsp3) is 0.471. The predicted octanol–water partition coefficient (Wildman–Crippen LogP) is 2.01. The summed E-state index contributed by atoms with van der Waals surface area (Å²) in [5.74, 6) is 1.73. The van der Waals surface area contributed by atoms with E-state index in [4.69, 9.17) is 23.4 Å². The highest BCUT2D eigenvalue weighted by atomic mass is 32.2. The Kier molecular flexibility index (Phi) is 7.74. The summed E-state index contributed by atoms with van der Waals surface area (Å²) in [5, 5.41) is 11.1. The van der Waals surface area contributed by atoms with Crippen LogP contribution in [0.4, 0.5) is 0 Å². The highest BCUT2D eigenvalue weighted by molar-refractivity contribution is 7.99. The summed E-state index contributed by atoms with van der Waals surface area (Å²) in [7, 11) is 6.17. The number of ether oxygens (including phenoxy) is 4. The smallest absolute Gasteiger partial charge is 0.277 e. The zero-order valence-corrected chi connectivity index (χ0v) is 16.7. The second-order valence-corrected chi connectivity index (χ2v) is 6.43. The minimum absolute atomic E-state index is 0.0689. The molecule has 1 N–H and O–H groups in total. The van der Waals surface area contributed by atoms with Crippen molar-refractivity contribution in [2.45, 2.75) is 18.2 Å². The third kappa shape index (κ3) is 5.51. The van der Waals surface area contributed by atoms with Crippen molar-refractivity contribution in [3.8, 4) is 28.7 Å². The molecule has 1 aromatic heterocycles. The molecule has 2 rings (SSSR count). The van der Waals surface area contributed by atoms with Gasteiger partial charge in [0.15, 0.2) is 11.5 Å². The maximum Gasteiger partial charge on any atom is 0.277 e. The number of nitrogens with zero attached hydrogens (tertiary/aromatic N) is 2. The number of benzene rings is 1. The quantitative estimate of drug-likeness (QED) is 0.603. The Bertz CT molecular complexity index is 742. The number of carbonyl (C=O) groups excluding carboxylic acids is 1. The lowest BCUT2D eigenvalue weighted by molar-refractivity contribution is -0.119. The number of hydrogen-bond donors (Lipinski definition) is 1. The molecule has 1 atom stereocenters. The summed E-state index contributed by atoms with van der Waals surface area (Å²) >= 11 is 1.15. The van der Waals surface area contributed by atoms with Gasteiger partial charge in [-0.15, -0.1) is 10.2 Å². The SMILES string of the molecule is COC[C@H](C)NC(=O)CSc1nnc(-c2cc(OC)c(OC)c(OC)c2)o1. The Hall–Kier alpha value is -2.46. The molecule has 0 radical (unpaired) electrons. The minimum atomic E-state index is -0.142. The van der Waals surface area contributed by atoms with Crippen LogP contribution in [-0.4, -0.2) is 62.9 Å². The van der Waals surface area contributed by atoms with E-state index in [1.54, 1.807) is 19.2 Å². The fourth-order valence-electron chi connectivity index (χ4n) is 2.32. The summed E-state index contributed by atoms with van der Waals surface area (Å²) in [6, 6.07) is 3.35. The minimum Gasteiger partial charge on any atom is -0.493 e. The van der Waals surface area contributed by atoms with Gasteiger partial charge in [-0.3, -0.25) is 4.79 Å². The van der Waals surface area contributed by atoms with E-state index in [0.717, 1.165) is 11.8 Å². The summed E-state index contributed by atoms with van der Waals surface area (Å²) in [6.07, 6.45) is 0. The molecule has 0 spiro atoms. The van der Waals surface area contributed by atoms with E-state index in [0.29, 0.717) is 29.4 Å². The highest BCUT2D eigenvalue weighted by Crippen LogP contribution is 2.41. The Morgan fingerprint density at radius 3 is 2.37 bits per heavy atom. The number of carbonyl (C=O) groups is 1. The van der Waals surface area contributed by atoms with Crippen LogP contribution >= 0.6 is 11.8 Å². The molecular weight excluding hydrogens is 374 g/mol. The van der Waals surface area contributed by atoms with Crippen molar-refractivity contribution in [3.05, 3.63) is 12.1 Å². The van der Waals surface area contributed by atoms with Crippen LogP contribution in [0.25, 0.3) is 11.5 Å². The maximum absolute atomic E-state index is 11.9. The Morgan fingerprint density at radius 2 is 1.81 bits per heavy atom. The zero-order chi connectivity index (χ0) is 19.8. The molecular formula is C17H23N3O6S. The van der Waals surface area contributed by atoms with E-state index in [9.17, 15) is 4.79 Å². The molecule has 2 aromatic rings. The zero-order valence-electron chi connectivity index (χ0n) is 15.9. The average Bonchev–Trinajstić information content (AvgIpc) is 3.14. The molecule has 9 nitrogen and oxygen atoms in total. The van der Waals surface area contributed by atoms with Crippen LogP contribution in [0, 0.1) is 0 Å². The van der Waals surface area contributed by atoms with Gasteiger partial charge in [-0.1, -0.05) is 11.8 Å². The van der Waals surface area contributed by atoms with Crippen molar-refractivity contribution in [2.75, 3.05) is 40.8 Å². The van der Waals surface area contributed by atoms with Crippen molar-refractivity contribution in [1.29, 1.82) is 0 Å². The van der Waals surface area contributed by atoms with Gasteiger partial charge in [0.1, 0.15) is 0 Å². The van der Waals surface area contributed by atoms with Gasteiger partial charge in [0.25, 0.3) is 5.22 Å². The standard InChI is InChI=1S/C17H23N3O6S/c1-10(8-22-2)18-14(21)9-27-17-20-19-16(26-17)11-6-12(23-3)15(25-5)13(7-11)24-4/h6-7,10H,8-9H2,1-5H3,(H,18,21)/t10-/m0/s1. The monoisotopic (exact) mass is 397 g/mol. The first-order valence-electron chi connectivity index (χ1n) is 8.07. The molecule has 0 fully saturated rings. The Morgan fingerprint density at radius 1 is 1.15 bits per heavy atom. The topological polar surface area (TPSA) is 105 Å². The van der Waals surface area contributed by atoms with Crippen molar-refractivity contribution in [2.24, 2.45) is 0 Å². The number of rotatable bonds is 10. The van der Waals surface area contributed by atoms with Crippen LogP contribution in [0.5, 0.6) is 17.2 Å². The van der Waals surface area contributed by atoms with E-state index in [-0.39, 0.29) is 28.8 Å². The van der Waals surface area contributed by atoms with E-state index in [2.05, 4.69) is 15.5 Å². The van der Waals surface area contributed by atoms with Gasteiger partial charge in [-0.25, -0.2) is 0 Å². The lowest BCUT2D eigenvalue weighted by Gasteiger charge is -2.12. The average molecular weight is 397 g/mol. The number of methoxy groups -OCH3 is 4. The van der Waals surface area contributed by atoms with Crippen LogP contribution < -0.4 is 19.5 Å². The van der Waals surface area contributed by atoms with Gasteiger partial charge < -0.3 is 28.7 Å². The molecule has 0 saturated carbocycles. The summed E-state index contributed by atoms with van der Waals surface area (Å²) < 4.78 is 26.5.